The third-order valence-electron chi connectivity index (χ3n) is 9.07. The maximum atomic E-state index is 14.4. The molecule has 0 bridgehead atoms. The van der Waals surface area contributed by atoms with Gasteiger partial charge in [-0.3, -0.25) is 9.59 Å². The van der Waals surface area contributed by atoms with E-state index < -0.39 is 23.9 Å². The Bertz CT molecular complexity index is 1870. The van der Waals surface area contributed by atoms with Gasteiger partial charge in [-0.05, 0) is 85.8 Å². The Labute approximate surface area is 323 Å². The third kappa shape index (κ3) is 11.0. The lowest BCUT2D eigenvalue weighted by Crippen LogP contribution is -2.45. The molecule has 0 spiro atoms. The number of carbonyl (C=O) groups excluding carboxylic acids is 2. The second-order valence-corrected chi connectivity index (χ2v) is 15.0. The van der Waals surface area contributed by atoms with E-state index >= 15 is 0 Å². The molecule has 4 aromatic carbocycles. The van der Waals surface area contributed by atoms with Gasteiger partial charge in [-0.2, -0.15) is 0 Å². The van der Waals surface area contributed by atoms with Gasteiger partial charge in [-0.15, -0.1) is 0 Å². The van der Waals surface area contributed by atoms with Crippen molar-refractivity contribution in [2.24, 2.45) is 5.41 Å². The number of carbonyl (C=O) groups is 2. The molecule has 2 atom stereocenters. The van der Waals surface area contributed by atoms with Crippen LogP contribution in [0.4, 0.5) is 10.1 Å². The van der Waals surface area contributed by atoms with Crippen LogP contribution in [0.2, 0.25) is 5.02 Å². The topological polar surface area (TPSA) is 98.4 Å². The molecule has 9 nitrogen and oxygen atoms in total. The second-order valence-electron chi connectivity index (χ2n) is 14.5. The van der Waals surface area contributed by atoms with Crippen LogP contribution < -0.4 is 29.7 Å². The van der Waals surface area contributed by atoms with Crippen molar-refractivity contribution >= 4 is 29.1 Å². The fourth-order valence-corrected chi connectivity index (χ4v) is 6.63. The first-order valence-corrected chi connectivity index (χ1v) is 18.7. The van der Waals surface area contributed by atoms with Gasteiger partial charge in [-0.1, -0.05) is 74.8 Å². The summed E-state index contributed by atoms with van der Waals surface area (Å²) in [6, 6.07) is 25.3. The van der Waals surface area contributed by atoms with E-state index in [2.05, 4.69) is 22.8 Å². The predicted octanol–water partition coefficient (Wildman–Crippen LogP) is 8.06. The number of halogens is 2. The highest BCUT2D eigenvalue weighted by Gasteiger charge is 2.40. The lowest BCUT2D eigenvalue weighted by Gasteiger charge is -2.31. The summed E-state index contributed by atoms with van der Waals surface area (Å²) in [4.78, 5) is 29.4. The molecule has 11 heteroatoms. The van der Waals surface area contributed by atoms with Gasteiger partial charge in [0.2, 0.25) is 5.91 Å². The number of ether oxygens (including phenoxy) is 4. The molecular weight excluding hydrogens is 709 g/mol. The van der Waals surface area contributed by atoms with Crippen LogP contribution >= 0.6 is 11.6 Å². The van der Waals surface area contributed by atoms with Crippen LogP contribution in [0.1, 0.15) is 68.4 Å². The van der Waals surface area contributed by atoms with Crippen LogP contribution in [0.3, 0.4) is 0 Å². The number of amides is 2. The van der Waals surface area contributed by atoms with Crippen molar-refractivity contribution in [3.05, 3.63) is 118 Å². The van der Waals surface area contributed by atoms with Gasteiger partial charge in [0.05, 0.1) is 27.2 Å². The SMILES string of the molecule is COc1ccc(CCCNCCCOc2cccc(C3OC(CC(=O)NCc4ccccc4F)C(=O)N(CC(C)(C)C)c4ccc(Cl)cc43)c2OC)cc1. The lowest BCUT2D eigenvalue weighted by molar-refractivity contribution is -0.138. The molecule has 4 aromatic rings. The van der Waals surface area contributed by atoms with E-state index in [1.165, 1.54) is 11.6 Å². The van der Waals surface area contributed by atoms with Crippen LogP contribution in [-0.4, -0.2) is 58.4 Å². The first-order valence-electron chi connectivity index (χ1n) is 18.4. The van der Waals surface area contributed by atoms with Crippen LogP contribution in [0.5, 0.6) is 17.2 Å². The number of benzene rings is 4. The molecule has 2 unspecified atom stereocenters. The van der Waals surface area contributed by atoms with Crippen LogP contribution in [0.15, 0.2) is 84.9 Å². The summed E-state index contributed by atoms with van der Waals surface area (Å²) in [5.74, 6) is 0.613. The van der Waals surface area contributed by atoms with Gasteiger partial charge in [0.1, 0.15) is 23.8 Å². The molecule has 54 heavy (non-hydrogen) atoms. The molecule has 1 aliphatic heterocycles. The molecule has 2 N–H and O–H groups in total. The zero-order valence-electron chi connectivity index (χ0n) is 31.8. The highest BCUT2D eigenvalue weighted by atomic mass is 35.5. The molecule has 0 aromatic heterocycles. The summed E-state index contributed by atoms with van der Waals surface area (Å²) in [6.45, 7) is 8.57. The van der Waals surface area contributed by atoms with E-state index in [4.69, 9.17) is 30.5 Å². The maximum Gasteiger partial charge on any atom is 0.256 e. The summed E-state index contributed by atoms with van der Waals surface area (Å²) >= 11 is 6.59. The van der Waals surface area contributed by atoms with E-state index in [0.29, 0.717) is 52.1 Å². The van der Waals surface area contributed by atoms with Crippen molar-refractivity contribution in [1.82, 2.24) is 10.6 Å². The number of nitrogens with zero attached hydrogens (tertiary/aromatic N) is 1. The molecule has 0 saturated carbocycles. The quantitative estimate of drug-likeness (QED) is 0.105. The largest absolute Gasteiger partial charge is 0.497 e. The fourth-order valence-electron chi connectivity index (χ4n) is 6.44. The molecule has 0 saturated heterocycles. The zero-order chi connectivity index (χ0) is 38.7. The fraction of sp³-hybridized carbons (Fsp3) is 0.395. The third-order valence-corrected chi connectivity index (χ3v) is 9.31. The van der Waals surface area contributed by atoms with E-state index in [-0.39, 0.29) is 24.3 Å². The minimum atomic E-state index is -1.17. The first-order chi connectivity index (χ1) is 26.0. The number of hydrogen-bond donors (Lipinski definition) is 2. The summed E-state index contributed by atoms with van der Waals surface area (Å²) < 4.78 is 38.4. The lowest BCUT2D eigenvalue weighted by atomic mass is 9.94. The summed E-state index contributed by atoms with van der Waals surface area (Å²) in [5.41, 5.74) is 3.23. The maximum absolute atomic E-state index is 14.4. The minimum absolute atomic E-state index is 0.0240. The molecule has 1 heterocycles. The number of rotatable bonds is 17. The molecule has 0 fully saturated rings. The van der Waals surface area contributed by atoms with Crippen LogP contribution in [-0.2, 0) is 27.3 Å². The van der Waals surface area contributed by atoms with Crippen molar-refractivity contribution in [2.75, 3.05) is 45.4 Å². The van der Waals surface area contributed by atoms with Crippen molar-refractivity contribution in [3.63, 3.8) is 0 Å². The molecule has 2 amide bonds. The molecule has 288 valence electrons. The van der Waals surface area contributed by atoms with Crippen molar-refractivity contribution in [2.45, 2.75) is 65.2 Å². The normalized spacial score (nSPS) is 15.7. The Morgan fingerprint density at radius 2 is 1.69 bits per heavy atom. The van der Waals surface area contributed by atoms with E-state index in [1.54, 1.807) is 49.5 Å². The molecule has 1 aliphatic rings. The number of hydrogen-bond acceptors (Lipinski definition) is 7. The zero-order valence-corrected chi connectivity index (χ0v) is 32.5. The van der Waals surface area contributed by atoms with Crippen LogP contribution in [0.25, 0.3) is 0 Å². The van der Waals surface area contributed by atoms with E-state index in [1.807, 2.05) is 57.2 Å². The number of methoxy groups -OCH3 is 2. The Morgan fingerprint density at radius 3 is 2.41 bits per heavy atom. The molecule has 0 aliphatic carbocycles. The van der Waals surface area contributed by atoms with Gasteiger partial charge < -0.3 is 34.5 Å². The number of aryl methyl sites for hydroxylation is 1. The van der Waals surface area contributed by atoms with Crippen molar-refractivity contribution in [1.29, 1.82) is 0 Å². The van der Waals surface area contributed by atoms with E-state index in [0.717, 1.165) is 38.1 Å². The average Bonchev–Trinajstić information content (AvgIpc) is 3.25. The molecule has 0 radical (unpaired) electrons. The standard InChI is InChI=1S/C43H51ClFN3O6/c1-43(2,3)28-48-36-21-18-31(44)25-34(36)40(54-38(42(48)50)26-39(49)47-27-30-12-6-7-14-35(30)45)33-13-8-15-37(41(33)52-5)53-24-10-23-46-22-9-11-29-16-19-32(51-4)20-17-29/h6-8,12-21,25,38,40,46H,9-11,22-24,26-28H2,1-5H3,(H,47,49). The summed E-state index contributed by atoms with van der Waals surface area (Å²) in [5, 5.41) is 6.71. The Hall–Kier alpha value is -4.64. The second kappa shape index (κ2) is 19.1. The number of para-hydroxylation sites is 1. The Balaban J connectivity index is 1.32. The molecular formula is C43H51ClFN3O6. The van der Waals surface area contributed by atoms with Gasteiger partial charge in [-0.25, -0.2) is 4.39 Å². The Kier molecular flexibility index (Phi) is 14.3. The highest BCUT2D eigenvalue weighted by molar-refractivity contribution is 6.30. The Morgan fingerprint density at radius 1 is 0.926 bits per heavy atom. The van der Waals surface area contributed by atoms with Crippen LogP contribution in [0, 0.1) is 11.2 Å². The summed E-state index contributed by atoms with van der Waals surface area (Å²) in [6.07, 6.45) is 0.470. The van der Waals surface area contributed by atoms with Gasteiger partial charge in [0, 0.05) is 40.5 Å². The average molecular weight is 760 g/mol. The minimum Gasteiger partial charge on any atom is -0.497 e. The highest BCUT2D eigenvalue weighted by Crippen LogP contribution is 2.45. The number of nitrogens with one attached hydrogen (secondary N) is 2. The number of fused-ring (bicyclic) bond motifs is 1. The van der Waals surface area contributed by atoms with Gasteiger partial charge >= 0.3 is 0 Å². The monoisotopic (exact) mass is 759 g/mol. The molecule has 5 rings (SSSR count). The predicted molar refractivity (Wildman–Crippen MR) is 210 cm³/mol. The van der Waals surface area contributed by atoms with Crippen molar-refractivity contribution in [3.8, 4) is 17.2 Å². The van der Waals surface area contributed by atoms with E-state index in [9.17, 15) is 14.0 Å². The smallest absolute Gasteiger partial charge is 0.256 e. The summed E-state index contributed by atoms with van der Waals surface area (Å²) in [7, 11) is 3.23. The van der Waals surface area contributed by atoms with Gasteiger partial charge in [0.15, 0.2) is 11.5 Å². The van der Waals surface area contributed by atoms with Gasteiger partial charge in [0.25, 0.3) is 5.91 Å². The van der Waals surface area contributed by atoms with Crippen molar-refractivity contribution < 1.29 is 32.9 Å². The number of anilines is 1. The first kappa shape index (κ1) is 40.5.